The second kappa shape index (κ2) is 14.2. The van der Waals surface area contributed by atoms with E-state index >= 15 is 0 Å². The Morgan fingerprint density at radius 1 is 0.914 bits per heavy atom. The number of rotatable bonds is 8. The van der Waals surface area contributed by atoms with E-state index in [2.05, 4.69) is 22.8 Å². The Labute approximate surface area is 214 Å². The Kier molecular flexibility index (Phi) is 11.0. The van der Waals surface area contributed by atoms with Gasteiger partial charge in [-0.1, -0.05) is 36.6 Å². The van der Waals surface area contributed by atoms with Crippen molar-refractivity contribution in [3.8, 4) is 17.2 Å². The molecule has 7 heteroatoms. The highest BCUT2D eigenvalue weighted by molar-refractivity contribution is 6.30. The van der Waals surface area contributed by atoms with E-state index in [1.54, 1.807) is 21.3 Å². The monoisotopic (exact) mass is 502 g/mol. The van der Waals surface area contributed by atoms with Gasteiger partial charge in [-0.15, -0.1) is 0 Å². The number of hydrogen-bond acceptors (Lipinski definition) is 5. The molecule has 0 radical (unpaired) electrons. The number of ether oxygens (including phenoxy) is 3. The zero-order valence-corrected chi connectivity index (χ0v) is 22.0. The highest BCUT2D eigenvalue weighted by atomic mass is 35.5. The Bertz CT molecular complexity index is 898. The third-order valence-corrected chi connectivity index (χ3v) is 6.96. The molecule has 35 heavy (non-hydrogen) atoms. The number of halogens is 1. The van der Waals surface area contributed by atoms with E-state index in [9.17, 15) is 4.79 Å². The molecule has 1 heterocycles. The summed E-state index contributed by atoms with van der Waals surface area (Å²) in [5.74, 6) is 2.58. The molecule has 4 rings (SSSR count). The van der Waals surface area contributed by atoms with Gasteiger partial charge in [-0.25, -0.2) is 0 Å². The second-order valence-electron chi connectivity index (χ2n) is 9.28. The number of piperidine rings is 1. The summed E-state index contributed by atoms with van der Waals surface area (Å²) in [6.07, 6.45) is 8.71. The van der Waals surface area contributed by atoms with Crippen LogP contribution in [0, 0.1) is 5.92 Å². The predicted molar refractivity (Wildman–Crippen MR) is 141 cm³/mol. The maximum atomic E-state index is 12.1. The van der Waals surface area contributed by atoms with Gasteiger partial charge in [-0.05, 0) is 86.5 Å². The van der Waals surface area contributed by atoms with E-state index in [4.69, 9.17) is 25.8 Å². The first kappa shape index (κ1) is 27.2. The van der Waals surface area contributed by atoms with Gasteiger partial charge in [0, 0.05) is 11.1 Å². The van der Waals surface area contributed by atoms with Crippen molar-refractivity contribution in [1.82, 2.24) is 10.6 Å². The summed E-state index contributed by atoms with van der Waals surface area (Å²) in [7, 11) is 4.70. The lowest BCUT2D eigenvalue weighted by Gasteiger charge is -2.22. The molecule has 2 aliphatic rings. The van der Waals surface area contributed by atoms with Gasteiger partial charge in [0.2, 0.25) is 11.7 Å². The first-order valence-electron chi connectivity index (χ1n) is 12.6. The SMILES string of the molecule is COc1cc(CC(=O)NC2CCCC2)cc(OC)c1OC.Clc1ccc(CC2CCNCC2)cc1. The molecule has 1 saturated carbocycles. The van der Waals surface area contributed by atoms with Gasteiger partial charge in [0.05, 0.1) is 27.8 Å². The van der Waals surface area contributed by atoms with Crippen LogP contribution in [0.2, 0.25) is 5.02 Å². The van der Waals surface area contributed by atoms with E-state index in [1.807, 2.05) is 24.3 Å². The lowest BCUT2D eigenvalue weighted by molar-refractivity contribution is -0.121. The fourth-order valence-corrected chi connectivity index (χ4v) is 4.94. The van der Waals surface area contributed by atoms with Crippen LogP contribution in [-0.4, -0.2) is 46.4 Å². The van der Waals surface area contributed by atoms with Gasteiger partial charge in [0.25, 0.3) is 0 Å². The Morgan fingerprint density at radius 2 is 1.51 bits per heavy atom. The molecule has 0 spiro atoms. The standard InChI is InChI=1S/C16H23NO4.C12H16ClN/c1-19-13-8-11(9-14(20-2)16(13)21-3)10-15(18)17-12-6-4-5-7-12;13-12-3-1-10(2-4-12)9-11-5-7-14-8-6-11/h8-9,12H,4-7,10H2,1-3H3,(H,17,18);1-4,11,14H,5-9H2. The number of nitrogens with one attached hydrogen (secondary N) is 2. The van der Waals surface area contributed by atoms with Crippen LogP contribution >= 0.6 is 11.6 Å². The Hall–Kier alpha value is -2.44. The molecular formula is C28H39ClN2O4. The van der Waals surface area contributed by atoms with Crippen molar-refractivity contribution in [1.29, 1.82) is 0 Å². The summed E-state index contributed by atoms with van der Waals surface area (Å²) in [4.78, 5) is 12.1. The number of carbonyl (C=O) groups is 1. The van der Waals surface area contributed by atoms with Crippen molar-refractivity contribution < 1.29 is 19.0 Å². The van der Waals surface area contributed by atoms with Crippen LogP contribution in [0.4, 0.5) is 0 Å². The molecule has 0 atom stereocenters. The van der Waals surface area contributed by atoms with Crippen molar-refractivity contribution >= 4 is 17.5 Å². The summed E-state index contributed by atoms with van der Waals surface area (Å²) in [6, 6.07) is 12.2. The first-order chi connectivity index (χ1) is 17.0. The highest BCUT2D eigenvalue weighted by Crippen LogP contribution is 2.38. The van der Waals surface area contributed by atoms with E-state index in [-0.39, 0.29) is 5.91 Å². The molecule has 2 N–H and O–H groups in total. The predicted octanol–water partition coefficient (Wildman–Crippen LogP) is 5.20. The maximum absolute atomic E-state index is 12.1. The summed E-state index contributed by atoms with van der Waals surface area (Å²) in [6.45, 7) is 2.36. The summed E-state index contributed by atoms with van der Waals surface area (Å²) in [5, 5.41) is 7.30. The molecule has 0 aromatic heterocycles. The lowest BCUT2D eigenvalue weighted by Crippen LogP contribution is -2.33. The molecular weight excluding hydrogens is 464 g/mol. The maximum Gasteiger partial charge on any atom is 0.224 e. The third kappa shape index (κ3) is 8.62. The van der Waals surface area contributed by atoms with Gasteiger partial charge in [0.1, 0.15) is 0 Å². The van der Waals surface area contributed by atoms with Crippen LogP contribution < -0.4 is 24.8 Å². The molecule has 1 amide bonds. The van der Waals surface area contributed by atoms with Crippen LogP contribution in [-0.2, 0) is 17.6 Å². The normalized spacial score (nSPS) is 16.2. The average Bonchev–Trinajstić information content (AvgIpc) is 3.38. The van der Waals surface area contributed by atoms with E-state index in [0.29, 0.717) is 29.7 Å². The van der Waals surface area contributed by atoms with Crippen molar-refractivity contribution in [2.45, 2.75) is 57.4 Å². The number of carbonyl (C=O) groups excluding carboxylic acids is 1. The summed E-state index contributed by atoms with van der Waals surface area (Å²) >= 11 is 5.84. The number of amides is 1. The molecule has 0 unspecified atom stereocenters. The quantitative estimate of drug-likeness (QED) is 0.519. The molecule has 2 aromatic carbocycles. The van der Waals surface area contributed by atoms with E-state index in [0.717, 1.165) is 29.3 Å². The Balaban J connectivity index is 0.000000211. The van der Waals surface area contributed by atoms with E-state index in [1.165, 1.54) is 50.8 Å². The average molecular weight is 503 g/mol. The zero-order chi connectivity index (χ0) is 25.0. The van der Waals surface area contributed by atoms with Crippen LogP contribution in [0.5, 0.6) is 17.2 Å². The largest absolute Gasteiger partial charge is 0.493 e. The summed E-state index contributed by atoms with van der Waals surface area (Å²) < 4.78 is 15.9. The minimum absolute atomic E-state index is 0.0381. The molecule has 1 aliphatic heterocycles. The van der Waals surface area contributed by atoms with E-state index < -0.39 is 0 Å². The summed E-state index contributed by atoms with van der Waals surface area (Å²) in [5.41, 5.74) is 2.27. The molecule has 192 valence electrons. The Morgan fingerprint density at radius 3 is 2.06 bits per heavy atom. The van der Waals surface area contributed by atoms with Crippen molar-refractivity contribution in [3.63, 3.8) is 0 Å². The molecule has 0 bridgehead atoms. The molecule has 1 saturated heterocycles. The van der Waals surface area contributed by atoms with Crippen LogP contribution in [0.15, 0.2) is 36.4 Å². The van der Waals surface area contributed by atoms with Crippen molar-refractivity contribution in [3.05, 3.63) is 52.5 Å². The molecule has 1 aliphatic carbocycles. The topological polar surface area (TPSA) is 68.8 Å². The van der Waals surface area contributed by atoms with Gasteiger partial charge in [-0.2, -0.15) is 0 Å². The smallest absolute Gasteiger partial charge is 0.224 e. The van der Waals surface area contributed by atoms with Gasteiger partial charge >= 0.3 is 0 Å². The number of benzene rings is 2. The lowest BCUT2D eigenvalue weighted by atomic mass is 9.91. The van der Waals surface area contributed by atoms with Crippen LogP contribution in [0.25, 0.3) is 0 Å². The molecule has 6 nitrogen and oxygen atoms in total. The third-order valence-electron chi connectivity index (χ3n) is 6.71. The van der Waals surface area contributed by atoms with Crippen molar-refractivity contribution in [2.75, 3.05) is 34.4 Å². The van der Waals surface area contributed by atoms with Gasteiger partial charge < -0.3 is 24.8 Å². The van der Waals surface area contributed by atoms with Crippen LogP contribution in [0.3, 0.4) is 0 Å². The number of hydrogen-bond donors (Lipinski definition) is 2. The molecule has 2 aromatic rings. The minimum Gasteiger partial charge on any atom is -0.493 e. The van der Waals surface area contributed by atoms with Gasteiger partial charge in [0.15, 0.2) is 11.5 Å². The highest BCUT2D eigenvalue weighted by Gasteiger charge is 2.19. The minimum atomic E-state index is 0.0381. The van der Waals surface area contributed by atoms with Crippen molar-refractivity contribution in [2.24, 2.45) is 5.92 Å². The van der Waals surface area contributed by atoms with Gasteiger partial charge in [-0.3, -0.25) is 4.79 Å². The second-order valence-corrected chi connectivity index (χ2v) is 9.72. The fraction of sp³-hybridized carbons (Fsp3) is 0.536. The number of methoxy groups -OCH3 is 3. The first-order valence-corrected chi connectivity index (χ1v) is 12.9. The fourth-order valence-electron chi connectivity index (χ4n) is 4.81. The zero-order valence-electron chi connectivity index (χ0n) is 21.2. The van der Waals surface area contributed by atoms with Crippen LogP contribution in [0.1, 0.15) is 49.7 Å². The molecule has 2 fully saturated rings.